The molecule has 84 valence electrons. The third-order valence-corrected chi connectivity index (χ3v) is 3.49. The Hall–Kier alpha value is -0.120. The van der Waals surface area contributed by atoms with E-state index in [1.54, 1.807) is 0 Å². The first kappa shape index (κ1) is 12.0. The molecule has 14 heavy (non-hydrogen) atoms. The highest BCUT2D eigenvalue weighted by molar-refractivity contribution is 4.89. The first-order valence-corrected chi connectivity index (χ1v) is 5.62. The van der Waals surface area contributed by atoms with Gasteiger partial charge in [-0.15, -0.1) is 0 Å². The van der Waals surface area contributed by atoms with Gasteiger partial charge in [0.15, 0.2) is 0 Å². The molecule has 2 N–H and O–H groups in total. The second-order valence-corrected chi connectivity index (χ2v) is 4.21. The van der Waals surface area contributed by atoms with Crippen LogP contribution in [0.25, 0.3) is 0 Å². The van der Waals surface area contributed by atoms with E-state index < -0.39 is 11.7 Å². The van der Waals surface area contributed by atoms with Gasteiger partial charge in [-0.3, -0.25) is 0 Å². The van der Waals surface area contributed by atoms with E-state index in [2.05, 4.69) is 0 Å². The van der Waals surface area contributed by atoms with Gasteiger partial charge in [0.1, 0.15) is 0 Å². The first-order valence-electron chi connectivity index (χ1n) is 5.62. The van der Waals surface area contributed by atoms with E-state index in [-0.39, 0.29) is 5.92 Å². The van der Waals surface area contributed by atoms with Crippen molar-refractivity contribution in [2.75, 3.05) is 13.2 Å². The lowest BCUT2D eigenvalue weighted by atomic mass is 9.80. The van der Waals surface area contributed by atoms with Gasteiger partial charge < -0.3 is 14.9 Å². The van der Waals surface area contributed by atoms with E-state index in [9.17, 15) is 10.2 Å². The molecule has 1 saturated heterocycles. The maximum absolute atomic E-state index is 10.2. The third-order valence-electron chi connectivity index (χ3n) is 3.49. The molecule has 0 spiro atoms. The fourth-order valence-electron chi connectivity index (χ4n) is 2.14. The topological polar surface area (TPSA) is 49.7 Å². The number of hydrogen-bond acceptors (Lipinski definition) is 3. The Morgan fingerprint density at radius 3 is 2.21 bits per heavy atom. The van der Waals surface area contributed by atoms with Crippen molar-refractivity contribution in [3.05, 3.63) is 0 Å². The maximum atomic E-state index is 10.2. The van der Waals surface area contributed by atoms with E-state index in [0.717, 1.165) is 12.8 Å². The van der Waals surface area contributed by atoms with E-state index in [1.165, 1.54) is 0 Å². The lowest BCUT2D eigenvalue weighted by Gasteiger charge is -2.37. The van der Waals surface area contributed by atoms with Crippen molar-refractivity contribution in [2.45, 2.75) is 51.2 Å². The van der Waals surface area contributed by atoms with Crippen LogP contribution >= 0.6 is 0 Å². The van der Waals surface area contributed by atoms with Gasteiger partial charge >= 0.3 is 0 Å². The molecule has 3 nitrogen and oxygen atoms in total. The highest BCUT2D eigenvalue weighted by atomic mass is 16.5. The summed E-state index contributed by atoms with van der Waals surface area (Å²) in [7, 11) is 0. The Labute approximate surface area is 86.1 Å². The zero-order valence-corrected chi connectivity index (χ0v) is 9.20. The van der Waals surface area contributed by atoms with Crippen LogP contribution in [0.15, 0.2) is 0 Å². The number of rotatable bonds is 4. The van der Waals surface area contributed by atoms with Gasteiger partial charge in [0.05, 0.1) is 11.7 Å². The Bertz CT molecular complexity index is 160. The lowest BCUT2D eigenvalue weighted by molar-refractivity contribution is -0.121. The summed E-state index contributed by atoms with van der Waals surface area (Å²) in [6, 6.07) is 0. The Morgan fingerprint density at radius 1 is 1.29 bits per heavy atom. The minimum absolute atomic E-state index is 0.202. The summed E-state index contributed by atoms with van der Waals surface area (Å²) in [5.74, 6) is 0.202. The molecular formula is C11H22O3. The molecule has 1 heterocycles. The van der Waals surface area contributed by atoms with Gasteiger partial charge in [0, 0.05) is 13.2 Å². The van der Waals surface area contributed by atoms with Crippen molar-refractivity contribution < 1.29 is 14.9 Å². The normalized spacial score (nSPS) is 22.3. The maximum Gasteiger partial charge on any atom is 0.0903 e. The fourth-order valence-corrected chi connectivity index (χ4v) is 2.14. The molecule has 3 heteroatoms. The molecule has 0 aromatic heterocycles. The molecule has 1 atom stereocenters. The summed E-state index contributed by atoms with van der Waals surface area (Å²) in [4.78, 5) is 0. The first-order chi connectivity index (χ1) is 6.64. The average Bonchev–Trinajstić information content (AvgIpc) is 2.28. The van der Waals surface area contributed by atoms with Crippen LogP contribution in [-0.2, 0) is 4.74 Å². The minimum atomic E-state index is -0.901. The van der Waals surface area contributed by atoms with Crippen LogP contribution in [0.4, 0.5) is 0 Å². The van der Waals surface area contributed by atoms with Crippen LogP contribution in [0.3, 0.4) is 0 Å². The average molecular weight is 202 g/mol. The monoisotopic (exact) mass is 202 g/mol. The molecule has 0 radical (unpaired) electrons. The number of hydrogen-bond donors (Lipinski definition) is 2. The van der Waals surface area contributed by atoms with E-state index in [1.807, 2.05) is 13.8 Å². The van der Waals surface area contributed by atoms with E-state index in [4.69, 9.17) is 4.74 Å². The van der Waals surface area contributed by atoms with Crippen molar-refractivity contribution in [3.63, 3.8) is 0 Å². The summed E-state index contributed by atoms with van der Waals surface area (Å²) < 4.78 is 5.24. The molecule has 0 bridgehead atoms. The van der Waals surface area contributed by atoms with Gasteiger partial charge in [0.2, 0.25) is 0 Å². The van der Waals surface area contributed by atoms with Gasteiger partial charge in [-0.05, 0) is 31.6 Å². The van der Waals surface area contributed by atoms with Crippen LogP contribution in [0.2, 0.25) is 0 Å². The summed E-state index contributed by atoms with van der Waals surface area (Å²) >= 11 is 0. The second-order valence-electron chi connectivity index (χ2n) is 4.21. The fraction of sp³-hybridized carbons (Fsp3) is 1.00. The molecule has 1 aliphatic rings. The van der Waals surface area contributed by atoms with Crippen LogP contribution in [-0.4, -0.2) is 35.1 Å². The highest BCUT2D eigenvalue weighted by Gasteiger charge is 2.37. The molecule has 1 fully saturated rings. The summed E-state index contributed by atoms with van der Waals surface area (Å²) in [5.41, 5.74) is -0.901. The summed E-state index contributed by atoms with van der Waals surface area (Å²) in [6.45, 7) is 5.27. The van der Waals surface area contributed by atoms with Gasteiger partial charge in [0.25, 0.3) is 0 Å². The molecular weight excluding hydrogens is 180 g/mol. The van der Waals surface area contributed by atoms with Crippen molar-refractivity contribution in [1.82, 2.24) is 0 Å². The quantitative estimate of drug-likeness (QED) is 0.723. The van der Waals surface area contributed by atoms with Gasteiger partial charge in [-0.25, -0.2) is 0 Å². The van der Waals surface area contributed by atoms with Crippen LogP contribution in [0.5, 0.6) is 0 Å². The van der Waals surface area contributed by atoms with Crippen molar-refractivity contribution in [2.24, 2.45) is 5.92 Å². The van der Waals surface area contributed by atoms with Crippen LogP contribution in [0.1, 0.15) is 39.5 Å². The smallest absolute Gasteiger partial charge is 0.0903 e. The van der Waals surface area contributed by atoms with Gasteiger partial charge in [-0.2, -0.15) is 0 Å². The van der Waals surface area contributed by atoms with E-state index >= 15 is 0 Å². The standard InChI is InChI=1S/C11H22O3/c1-3-11(13,4-2)10(12)9-5-7-14-8-6-9/h9-10,12-13H,3-8H2,1-2H3. The predicted molar refractivity (Wildman–Crippen MR) is 55.1 cm³/mol. The van der Waals surface area contributed by atoms with Crippen LogP contribution < -0.4 is 0 Å². The van der Waals surface area contributed by atoms with Crippen LogP contribution in [0, 0.1) is 5.92 Å². The Morgan fingerprint density at radius 2 is 1.79 bits per heavy atom. The summed E-state index contributed by atoms with van der Waals surface area (Å²) in [6.07, 6.45) is 2.36. The number of ether oxygens (including phenoxy) is 1. The molecule has 1 rings (SSSR count). The molecule has 0 saturated carbocycles. The van der Waals surface area contributed by atoms with Crippen molar-refractivity contribution in [3.8, 4) is 0 Å². The van der Waals surface area contributed by atoms with E-state index in [0.29, 0.717) is 26.1 Å². The lowest BCUT2D eigenvalue weighted by Crippen LogP contribution is -2.47. The molecule has 0 aliphatic carbocycles. The number of aliphatic hydroxyl groups excluding tert-OH is 1. The zero-order chi connectivity index (χ0) is 10.6. The molecule has 0 amide bonds. The summed E-state index contributed by atoms with van der Waals surface area (Å²) in [5, 5.41) is 20.2. The van der Waals surface area contributed by atoms with Crippen molar-refractivity contribution in [1.29, 1.82) is 0 Å². The Kier molecular flexibility index (Phi) is 4.35. The predicted octanol–water partition coefficient (Wildman–Crippen LogP) is 1.32. The van der Waals surface area contributed by atoms with Crippen molar-refractivity contribution >= 4 is 0 Å². The minimum Gasteiger partial charge on any atom is -0.390 e. The SMILES string of the molecule is CCC(O)(CC)C(O)C1CCOCC1. The zero-order valence-electron chi connectivity index (χ0n) is 9.20. The van der Waals surface area contributed by atoms with Gasteiger partial charge in [-0.1, -0.05) is 13.8 Å². The molecule has 0 aromatic rings. The molecule has 1 unspecified atom stereocenters. The molecule has 0 aromatic carbocycles. The highest BCUT2D eigenvalue weighted by Crippen LogP contribution is 2.30. The second kappa shape index (κ2) is 5.10. The largest absolute Gasteiger partial charge is 0.390 e. The Balaban J connectivity index is 2.56. The number of aliphatic hydroxyl groups is 2. The third kappa shape index (κ3) is 2.47. The molecule has 1 aliphatic heterocycles.